The maximum atomic E-state index is 4.76. The lowest BCUT2D eigenvalue weighted by Crippen LogP contribution is -1.94. The van der Waals surface area contributed by atoms with Gasteiger partial charge in [0.1, 0.15) is 5.65 Å². The van der Waals surface area contributed by atoms with E-state index >= 15 is 0 Å². The normalized spacial score (nSPS) is 11.7. The molecule has 17 aromatic carbocycles. The van der Waals surface area contributed by atoms with Gasteiger partial charge in [-0.3, -0.25) is 14.5 Å². The summed E-state index contributed by atoms with van der Waals surface area (Å²) in [4.78, 5) is 13.8. The smallest absolute Gasteiger partial charge is 0.145 e. The van der Waals surface area contributed by atoms with Crippen molar-refractivity contribution in [3.05, 3.63) is 468 Å². The maximum absolute atomic E-state index is 4.76. The Morgan fingerprint density at radius 2 is 0.381 bits per heavy atom. The van der Waals surface area contributed by atoms with E-state index in [1.807, 2.05) is 43.1 Å². The Kier molecular flexibility index (Phi) is 17.7. The van der Waals surface area contributed by atoms with Crippen LogP contribution in [0.5, 0.6) is 0 Å². The first kappa shape index (κ1) is 73.0. The molecule has 9 heteroatoms. The van der Waals surface area contributed by atoms with E-state index in [0.29, 0.717) is 0 Å². The molecule has 0 radical (unpaired) electrons. The van der Waals surface area contributed by atoms with Crippen LogP contribution < -0.4 is 0 Å². The number of para-hydroxylation sites is 7. The van der Waals surface area contributed by atoms with Crippen LogP contribution in [0.15, 0.2) is 468 Å². The highest BCUT2D eigenvalue weighted by Gasteiger charge is 2.23. The lowest BCUT2D eigenvalue weighted by atomic mass is 10.0. The average Bonchev–Trinajstić information content (AvgIpc) is 1.59. The van der Waals surface area contributed by atoms with Crippen LogP contribution in [0.3, 0.4) is 0 Å². The van der Waals surface area contributed by atoms with Crippen molar-refractivity contribution >= 4 is 131 Å². The molecule has 9 aromatic heterocycles. The van der Waals surface area contributed by atoms with E-state index in [4.69, 9.17) is 4.98 Å². The lowest BCUT2D eigenvalue weighted by Gasteiger charge is -2.11. The number of fused-ring (bicyclic) bond motifs is 18. The van der Waals surface area contributed by atoms with Gasteiger partial charge in [0, 0.05) is 117 Å². The zero-order valence-corrected chi connectivity index (χ0v) is 68.5. The molecule has 26 aromatic rings. The molecule has 0 N–H and O–H groups in total. The van der Waals surface area contributed by atoms with Gasteiger partial charge in [0.05, 0.1) is 73.1 Å². The van der Waals surface area contributed by atoms with Crippen LogP contribution >= 0.6 is 0 Å². The number of hydrogen-bond acceptors (Lipinski definition) is 3. The van der Waals surface area contributed by atoms with E-state index in [0.717, 1.165) is 44.6 Å². The fourth-order valence-corrected chi connectivity index (χ4v) is 19.4. The standard InChI is InChI=1S/2C41H27N3.C35H23N3/c1-3-10-28(11-4-1)29-12-9-15-33(24-29)44-40-21-19-31(26-37(40)35-22-23-42-27-41(35)44)30-18-20-39-36(25-30)34-16-7-8-17-38(34)43(39)32-13-5-2-6-14-32;1-3-9-28(10-4-1)29-15-19-33(20-16-29)44-40-22-18-31(26-37(40)35-23-24-42-27-41(35)44)30-17-21-39-36(25-30)34-13-7-8-14-38(34)43(39)32-11-5-2-6-12-32;1-3-10-26(11-4-1)37-32-16-8-7-14-28(32)30-22-24(17-19-33(30)37)25-18-20-34-31(23-25)29-15-9-21-36-35(29)38(34)27-12-5-2-6-13-27/h2*1-27H;1-23H. The highest BCUT2D eigenvalue weighted by Crippen LogP contribution is 2.44. The lowest BCUT2D eigenvalue weighted by molar-refractivity contribution is 1.14. The molecule has 0 spiro atoms. The van der Waals surface area contributed by atoms with Crippen molar-refractivity contribution in [2.75, 3.05) is 0 Å². The van der Waals surface area contributed by atoms with Gasteiger partial charge in [0.2, 0.25) is 0 Å². The van der Waals surface area contributed by atoms with Gasteiger partial charge in [0.25, 0.3) is 0 Å². The van der Waals surface area contributed by atoms with E-state index in [9.17, 15) is 0 Å². The third-order valence-corrected chi connectivity index (χ3v) is 25.2. The molecule has 0 aliphatic rings. The molecule has 9 heterocycles. The van der Waals surface area contributed by atoms with Gasteiger partial charge < -0.3 is 22.8 Å². The van der Waals surface area contributed by atoms with Crippen molar-refractivity contribution in [2.45, 2.75) is 0 Å². The number of rotatable bonds is 11. The molecule has 0 unspecified atom stereocenters. The summed E-state index contributed by atoms with van der Waals surface area (Å²) < 4.78 is 14.0. The molecular formula is C117H77N9. The fourth-order valence-electron chi connectivity index (χ4n) is 19.4. The van der Waals surface area contributed by atoms with Crippen LogP contribution in [-0.4, -0.2) is 42.4 Å². The zero-order chi connectivity index (χ0) is 83.1. The van der Waals surface area contributed by atoms with Gasteiger partial charge in [-0.25, -0.2) is 4.98 Å². The molecule has 9 nitrogen and oxygen atoms in total. The second kappa shape index (κ2) is 30.6. The number of hydrogen-bond donors (Lipinski definition) is 0. The number of aromatic nitrogens is 9. The van der Waals surface area contributed by atoms with Gasteiger partial charge >= 0.3 is 0 Å². The molecule has 26 rings (SSSR count). The van der Waals surface area contributed by atoms with Crippen molar-refractivity contribution in [2.24, 2.45) is 0 Å². The molecule has 0 saturated carbocycles. The summed E-state index contributed by atoms with van der Waals surface area (Å²) in [5.74, 6) is 0. The predicted octanol–water partition coefficient (Wildman–Crippen LogP) is 30.2. The SMILES string of the molecule is c1ccc(-c2ccc(-n3c4ccc(-c5ccc6c(c5)c5ccccc5n6-c5ccccc5)cc4c4ccncc43)cc2)cc1.c1ccc(-c2cccc(-n3c4ccc(-c5ccc6c(c5)c5ccccc5n6-c5ccccc5)cc4c4ccncc43)c2)cc1.c1ccc(-n2c3ccccc3c3cc(-c4ccc5c(c4)c4cccnc4n5-c4ccccc4)ccc32)cc1. The minimum Gasteiger partial charge on any atom is -0.309 e. The summed E-state index contributed by atoms with van der Waals surface area (Å²) in [6.07, 6.45) is 9.61. The van der Waals surface area contributed by atoms with Gasteiger partial charge in [-0.1, -0.05) is 249 Å². The molecule has 0 bridgehead atoms. The number of nitrogens with zero attached hydrogens (tertiary/aromatic N) is 9. The summed E-state index contributed by atoms with van der Waals surface area (Å²) in [6.45, 7) is 0. The van der Waals surface area contributed by atoms with Crippen LogP contribution in [0, 0.1) is 0 Å². The van der Waals surface area contributed by atoms with E-state index in [1.165, 1.54) is 176 Å². The van der Waals surface area contributed by atoms with E-state index in [-0.39, 0.29) is 0 Å². The predicted molar refractivity (Wildman–Crippen MR) is 526 cm³/mol. The van der Waals surface area contributed by atoms with E-state index in [2.05, 4.69) is 462 Å². The van der Waals surface area contributed by atoms with Gasteiger partial charge in [-0.2, -0.15) is 0 Å². The van der Waals surface area contributed by atoms with Gasteiger partial charge in [0.15, 0.2) is 0 Å². The van der Waals surface area contributed by atoms with Crippen LogP contribution in [0.4, 0.5) is 0 Å². The second-order valence-electron chi connectivity index (χ2n) is 32.3. The Morgan fingerprint density at radius 3 is 0.770 bits per heavy atom. The highest BCUT2D eigenvalue weighted by molar-refractivity contribution is 6.17. The van der Waals surface area contributed by atoms with Crippen molar-refractivity contribution < 1.29 is 0 Å². The van der Waals surface area contributed by atoms with Crippen LogP contribution in [0.25, 0.3) is 221 Å². The molecule has 0 aliphatic carbocycles. The third kappa shape index (κ3) is 12.4. The molecule has 0 fully saturated rings. The molecule has 590 valence electrons. The zero-order valence-electron chi connectivity index (χ0n) is 68.5. The van der Waals surface area contributed by atoms with Crippen LogP contribution in [0.2, 0.25) is 0 Å². The van der Waals surface area contributed by atoms with Gasteiger partial charge in [-0.15, -0.1) is 0 Å². The Labute approximate surface area is 726 Å². The minimum absolute atomic E-state index is 0.979. The summed E-state index contributed by atoms with van der Waals surface area (Å²) >= 11 is 0. The van der Waals surface area contributed by atoms with Gasteiger partial charge in [-0.05, 0) is 244 Å². The Hall–Kier alpha value is -17.0. The molecule has 0 atom stereocenters. The number of benzene rings is 17. The third-order valence-electron chi connectivity index (χ3n) is 25.2. The topological polar surface area (TPSA) is 68.2 Å². The monoisotopic (exact) mass is 1610 g/mol. The fraction of sp³-hybridized carbons (Fsp3) is 0. The highest BCUT2D eigenvalue weighted by atomic mass is 15.1. The Morgan fingerprint density at radius 1 is 0.135 bits per heavy atom. The van der Waals surface area contributed by atoms with E-state index in [1.54, 1.807) is 0 Å². The second-order valence-corrected chi connectivity index (χ2v) is 32.3. The molecular weight excluding hydrogens is 1530 g/mol. The summed E-state index contributed by atoms with van der Waals surface area (Å²) in [7, 11) is 0. The molecule has 0 amide bonds. The Bertz CT molecular complexity index is 8520. The van der Waals surface area contributed by atoms with Crippen molar-refractivity contribution in [1.29, 1.82) is 0 Å². The Balaban J connectivity index is 0.000000106. The first-order valence-electron chi connectivity index (χ1n) is 42.8. The van der Waals surface area contributed by atoms with Crippen molar-refractivity contribution in [3.63, 3.8) is 0 Å². The minimum atomic E-state index is 0.979. The van der Waals surface area contributed by atoms with Crippen LogP contribution in [-0.2, 0) is 0 Å². The average molecular weight is 1610 g/mol. The summed E-state index contributed by atoms with van der Waals surface area (Å²) in [6, 6.07) is 157. The quantitative estimate of drug-likeness (QED) is 0.130. The molecule has 0 saturated heterocycles. The van der Waals surface area contributed by atoms with E-state index < -0.39 is 0 Å². The summed E-state index contributed by atoms with van der Waals surface area (Å²) in [5.41, 5.74) is 32.9. The largest absolute Gasteiger partial charge is 0.309 e. The van der Waals surface area contributed by atoms with Crippen LogP contribution in [0.1, 0.15) is 0 Å². The van der Waals surface area contributed by atoms with Crippen molar-refractivity contribution in [1.82, 2.24) is 42.4 Å². The molecule has 126 heavy (non-hydrogen) atoms. The number of pyridine rings is 3. The maximum Gasteiger partial charge on any atom is 0.145 e. The first-order chi connectivity index (χ1) is 62.5. The summed E-state index contributed by atoms with van der Waals surface area (Å²) in [5, 5.41) is 14.8. The first-order valence-corrected chi connectivity index (χ1v) is 42.8. The molecule has 0 aliphatic heterocycles. The van der Waals surface area contributed by atoms with Crippen molar-refractivity contribution in [3.8, 4) is 89.8 Å².